The molecule has 0 aromatic carbocycles. The van der Waals surface area contributed by atoms with Crippen molar-refractivity contribution in [2.45, 2.75) is 33.6 Å². The zero-order valence-electron chi connectivity index (χ0n) is 14.1. The Morgan fingerprint density at radius 1 is 1.30 bits per heavy atom. The van der Waals surface area contributed by atoms with Crippen molar-refractivity contribution in [2.24, 2.45) is 0 Å². The Hall–Kier alpha value is -1.40. The second-order valence-electron chi connectivity index (χ2n) is 5.47. The molecule has 0 unspecified atom stereocenters. The van der Waals surface area contributed by atoms with Crippen LogP contribution in [0, 0.1) is 0 Å². The number of fused-ring (bicyclic) bond motifs is 1. The van der Waals surface area contributed by atoms with Gasteiger partial charge in [-0.1, -0.05) is 20.8 Å². The lowest BCUT2D eigenvalue weighted by atomic mass is 10.2. The first-order chi connectivity index (χ1) is 11.1. The van der Waals surface area contributed by atoms with E-state index in [1.165, 1.54) is 0 Å². The summed E-state index contributed by atoms with van der Waals surface area (Å²) in [7, 11) is 0. The van der Waals surface area contributed by atoms with E-state index in [9.17, 15) is 4.79 Å². The topological polar surface area (TPSA) is 49.6 Å². The SMILES string of the molecule is CCc1nc2ccc(Br)cn2c1C(=O)NCCCN(CC)CC. The molecule has 1 N–H and O–H groups in total. The molecule has 0 radical (unpaired) electrons. The Bertz CT molecular complexity index is 664. The van der Waals surface area contributed by atoms with E-state index in [1.807, 2.05) is 29.7 Å². The van der Waals surface area contributed by atoms with E-state index in [-0.39, 0.29) is 5.91 Å². The summed E-state index contributed by atoms with van der Waals surface area (Å²) in [4.78, 5) is 19.5. The van der Waals surface area contributed by atoms with Crippen LogP contribution in [0.5, 0.6) is 0 Å². The molecule has 6 heteroatoms. The molecule has 0 saturated carbocycles. The van der Waals surface area contributed by atoms with E-state index >= 15 is 0 Å². The predicted molar refractivity (Wildman–Crippen MR) is 97.0 cm³/mol. The number of carbonyl (C=O) groups excluding carboxylic acids is 1. The van der Waals surface area contributed by atoms with Crippen LogP contribution in [-0.4, -0.2) is 46.4 Å². The van der Waals surface area contributed by atoms with Crippen LogP contribution in [0.15, 0.2) is 22.8 Å². The maximum atomic E-state index is 12.6. The van der Waals surface area contributed by atoms with Crippen molar-refractivity contribution in [3.05, 3.63) is 34.2 Å². The number of imidazole rings is 1. The first kappa shape index (κ1) is 17.9. The van der Waals surface area contributed by atoms with Crippen LogP contribution >= 0.6 is 15.9 Å². The number of nitrogens with one attached hydrogen (secondary N) is 1. The van der Waals surface area contributed by atoms with Crippen molar-refractivity contribution < 1.29 is 4.79 Å². The Balaban J connectivity index is 2.07. The van der Waals surface area contributed by atoms with Gasteiger partial charge < -0.3 is 10.2 Å². The number of aryl methyl sites for hydroxylation is 1. The molecule has 0 atom stereocenters. The minimum atomic E-state index is -0.0491. The maximum Gasteiger partial charge on any atom is 0.270 e. The lowest BCUT2D eigenvalue weighted by Crippen LogP contribution is -2.30. The molecule has 1 amide bonds. The van der Waals surface area contributed by atoms with Gasteiger partial charge in [0.05, 0.1) is 5.69 Å². The molecule has 0 saturated heterocycles. The standard InChI is InChI=1S/C17H25BrN4O/c1-4-14-16(22-12-13(18)8-9-15(22)20-14)17(23)19-10-7-11-21(5-2)6-3/h8-9,12H,4-7,10-11H2,1-3H3,(H,19,23). The van der Waals surface area contributed by atoms with Crippen molar-refractivity contribution >= 4 is 27.5 Å². The molecule has 0 aliphatic carbocycles. The zero-order chi connectivity index (χ0) is 16.8. The molecule has 0 bridgehead atoms. The Kier molecular flexibility index (Phi) is 6.59. The summed E-state index contributed by atoms with van der Waals surface area (Å²) in [5, 5.41) is 3.03. The van der Waals surface area contributed by atoms with E-state index in [0.29, 0.717) is 12.2 Å². The first-order valence-electron chi connectivity index (χ1n) is 8.27. The summed E-state index contributed by atoms with van der Waals surface area (Å²) >= 11 is 3.46. The molecule has 2 aromatic heterocycles. The lowest BCUT2D eigenvalue weighted by molar-refractivity contribution is 0.0945. The van der Waals surface area contributed by atoms with Crippen molar-refractivity contribution in [1.82, 2.24) is 19.6 Å². The van der Waals surface area contributed by atoms with E-state index < -0.39 is 0 Å². The lowest BCUT2D eigenvalue weighted by Gasteiger charge is -2.17. The van der Waals surface area contributed by atoms with Gasteiger partial charge in [-0.25, -0.2) is 4.98 Å². The highest BCUT2D eigenvalue weighted by Gasteiger charge is 2.18. The van der Waals surface area contributed by atoms with E-state index in [4.69, 9.17) is 0 Å². The fourth-order valence-corrected chi connectivity index (χ4v) is 3.02. The molecule has 0 spiro atoms. The predicted octanol–water partition coefficient (Wildman–Crippen LogP) is 3.12. The summed E-state index contributed by atoms with van der Waals surface area (Å²) in [5.41, 5.74) is 2.29. The molecular weight excluding hydrogens is 356 g/mol. The van der Waals surface area contributed by atoms with Gasteiger partial charge in [-0.15, -0.1) is 0 Å². The van der Waals surface area contributed by atoms with E-state index in [2.05, 4.69) is 45.0 Å². The van der Waals surface area contributed by atoms with Crippen LogP contribution in [0.1, 0.15) is 43.4 Å². The third kappa shape index (κ3) is 4.32. The highest BCUT2D eigenvalue weighted by Crippen LogP contribution is 2.17. The van der Waals surface area contributed by atoms with Gasteiger partial charge in [0.25, 0.3) is 5.91 Å². The quantitative estimate of drug-likeness (QED) is 0.715. The normalized spacial score (nSPS) is 11.3. The minimum Gasteiger partial charge on any atom is -0.351 e. The Morgan fingerprint density at radius 3 is 2.70 bits per heavy atom. The van der Waals surface area contributed by atoms with E-state index in [0.717, 1.165) is 48.3 Å². The highest BCUT2D eigenvalue weighted by molar-refractivity contribution is 9.10. The molecule has 0 aliphatic rings. The summed E-state index contributed by atoms with van der Waals surface area (Å²) in [6.07, 6.45) is 3.59. The number of hydrogen-bond acceptors (Lipinski definition) is 3. The van der Waals surface area contributed by atoms with Gasteiger partial charge >= 0.3 is 0 Å². The number of pyridine rings is 1. The fraction of sp³-hybridized carbons (Fsp3) is 0.529. The number of nitrogens with zero attached hydrogens (tertiary/aromatic N) is 3. The molecular formula is C17H25BrN4O. The fourth-order valence-electron chi connectivity index (χ4n) is 2.68. The second-order valence-corrected chi connectivity index (χ2v) is 6.39. The summed E-state index contributed by atoms with van der Waals surface area (Å²) < 4.78 is 2.79. The minimum absolute atomic E-state index is 0.0491. The van der Waals surface area contributed by atoms with Gasteiger partial charge in [0.1, 0.15) is 11.3 Å². The Morgan fingerprint density at radius 2 is 2.04 bits per heavy atom. The van der Waals surface area contributed by atoms with Crippen LogP contribution in [-0.2, 0) is 6.42 Å². The molecule has 23 heavy (non-hydrogen) atoms. The monoisotopic (exact) mass is 380 g/mol. The summed E-state index contributed by atoms with van der Waals surface area (Å²) in [5.74, 6) is -0.0491. The molecule has 2 rings (SSSR count). The number of rotatable bonds is 8. The van der Waals surface area contributed by atoms with Crippen molar-refractivity contribution in [1.29, 1.82) is 0 Å². The van der Waals surface area contributed by atoms with E-state index in [1.54, 1.807) is 0 Å². The molecule has 0 fully saturated rings. The van der Waals surface area contributed by atoms with Crippen LogP contribution in [0.3, 0.4) is 0 Å². The van der Waals surface area contributed by atoms with Crippen molar-refractivity contribution in [2.75, 3.05) is 26.2 Å². The van der Waals surface area contributed by atoms with Crippen molar-refractivity contribution in [3.63, 3.8) is 0 Å². The first-order valence-corrected chi connectivity index (χ1v) is 9.07. The Labute approximate surface area is 146 Å². The molecule has 2 heterocycles. The number of hydrogen-bond donors (Lipinski definition) is 1. The number of halogens is 1. The number of amides is 1. The van der Waals surface area contributed by atoms with Gasteiger partial charge in [-0.3, -0.25) is 9.20 Å². The largest absolute Gasteiger partial charge is 0.351 e. The summed E-state index contributed by atoms with van der Waals surface area (Å²) in [6.45, 7) is 10.1. The highest BCUT2D eigenvalue weighted by atomic mass is 79.9. The average Bonchev–Trinajstić information content (AvgIpc) is 2.92. The third-order valence-corrected chi connectivity index (χ3v) is 4.50. The second kappa shape index (κ2) is 8.45. The van der Waals surface area contributed by atoms with Gasteiger partial charge in [0.15, 0.2) is 0 Å². The summed E-state index contributed by atoms with van der Waals surface area (Å²) in [6, 6.07) is 3.86. The van der Waals surface area contributed by atoms with Crippen LogP contribution in [0.2, 0.25) is 0 Å². The van der Waals surface area contributed by atoms with Crippen LogP contribution in [0.4, 0.5) is 0 Å². The van der Waals surface area contributed by atoms with Gasteiger partial charge in [-0.2, -0.15) is 0 Å². The van der Waals surface area contributed by atoms with Crippen molar-refractivity contribution in [3.8, 4) is 0 Å². The maximum absolute atomic E-state index is 12.6. The molecule has 2 aromatic rings. The van der Waals surface area contributed by atoms with Gasteiger partial charge in [0.2, 0.25) is 0 Å². The molecule has 5 nitrogen and oxygen atoms in total. The van der Waals surface area contributed by atoms with Crippen LogP contribution < -0.4 is 5.32 Å². The molecule has 126 valence electrons. The average molecular weight is 381 g/mol. The third-order valence-electron chi connectivity index (χ3n) is 4.04. The zero-order valence-corrected chi connectivity index (χ0v) is 15.7. The van der Waals surface area contributed by atoms with Crippen LogP contribution in [0.25, 0.3) is 5.65 Å². The molecule has 0 aliphatic heterocycles. The smallest absolute Gasteiger partial charge is 0.270 e. The van der Waals surface area contributed by atoms with Gasteiger partial charge in [0, 0.05) is 17.2 Å². The number of aromatic nitrogens is 2. The van der Waals surface area contributed by atoms with Gasteiger partial charge in [-0.05, 0) is 60.5 Å². The number of carbonyl (C=O) groups is 1.